The average Bonchev–Trinajstić information content (AvgIpc) is 3.50. The van der Waals surface area contributed by atoms with Crippen LogP contribution in [-0.2, 0) is 25.2 Å². The number of rotatable bonds is 6. The van der Waals surface area contributed by atoms with Gasteiger partial charge < -0.3 is 9.55 Å². The minimum absolute atomic E-state index is 0.156. The van der Waals surface area contributed by atoms with Crippen LogP contribution < -0.4 is 5.56 Å². The highest BCUT2D eigenvalue weighted by molar-refractivity contribution is 5.84. The maximum absolute atomic E-state index is 14.3. The minimum atomic E-state index is -4.72. The van der Waals surface area contributed by atoms with E-state index in [0.29, 0.717) is 30.8 Å². The van der Waals surface area contributed by atoms with Crippen molar-refractivity contribution in [2.45, 2.75) is 56.7 Å². The lowest BCUT2D eigenvalue weighted by Gasteiger charge is -2.41. The van der Waals surface area contributed by atoms with Crippen LogP contribution in [0.4, 0.5) is 22.0 Å². The van der Waals surface area contributed by atoms with Crippen molar-refractivity contribution in [3.05, 3.63) is 75.9 Å². The van der Waals surface area contributed by atoms with Crippen LogP contribution in [0.3, 0.4) is 0 Å². The number of nitrogens with one attached hydrogen (secondary N) is 1. The summed E-state index contributed by atoms with van der Waals surface area (Å²) in [5, 5.41) is 8.09. The number of alkyl halides is 5. The van der Waals surface area contributed by atoms with Crippen LogP contribution >= 0.6 is 0 Å². The Morgan fingerprint density at radius 3 is 2.62 bits per heavy atom. The van der Waals surface area contributed by atoms with Crippen molar-refractivity contribution >= 4 is 10.9 Å². The number of aromatic amines is 1. The zero-order valence-corrected chi connectivity index (χ0v) is 21.9. The summed E-state index contributed by atoms with van der Waals surface area (Å²) < 4.78 is 72.2. The van der Waals surface area contributed by atoms with Gasteiger partial charge in [0.25, 0.3) is 5.56 Å². The number of benzene rings is 1. The maximum atomic E-state index is 14.3. The first kappa shape index (κ1) is 26.7. The van der Waals surface area contributed by atoms with Gasteiger partial charge >= 0.3 is 6.18 Å². The first-order valence-electron chi connectivity index (χ1n) is 13.4. The van der Waals surface area contributed by atoms with E-state index >= 15 is 0 Å². The third-order valence-electron chi connectivity index (χ3n) is 8.48. The molecule has 2 aliphatic rings. The van der Waals surface area contributed by atoms with Gasteiger partial charge in [0.15, 0.2) is 0 Å². The molecule has 1 saturated heterocycles. The third-order valence-corrected chi connectivity index (χ3v) is 8.48. The monoisotopic (exact) mass is 560 g/mol. The minimum Gasteiger partial charge on any atom is -0.353 e. The largest absolute Gasteiger partial charge is 0.418 e. The summed E-state index contributed by atoms with van der Waals surface area (Å²) in [6.07, 6.45) is -1.09. The van der Waals surface area contributed by atoms with Crippen LogP contribution in [0.15, 0.2) is 47.7 Å². The van der Waals surface area contributed by atoms with Gasteiger partial charge in [-0.1, -0.05) is 18.6 Å². The summed E-state index contributed by atoms with van der Waals surface area (Å²) in [5.41, 5.74) is -0.581. The fourth-order valence-electron chi connectivity index (χ4n) is 6.30. The Bertz CT molecular complexity index is 1600. The standard InChI is InChI=1S/C28H29F5N6O/c1-37-16-34-36-26(37)27(8-4-9-27)18-6-2-7-20(11-18)39-15-22(28(31,32)33)21-12-19(35-23(21)25(39)40)14-38-10-3-5-17(13-38)24(29)30/h2,6-7,11-12,15-17,24,35H,3-5,8-10,13-14H2,1H3/t17-/m0/s1. The molecule has 0 amide bonds. The molecule has 212 valence electrons. The quantitative estimate of drug-likeness (QED) is 0.320. The number of aryl methyl sites for hydroxylation is 1. The Kier molecular flexibility index (Phi) is 6.55. The number of H-pyrrole nitrogens is 1. The van der Waals surface area contributed by atoms with Crippen LogP contribution in [0.25, 0.3) is 16.6 Å². The lowest BCUT2D eigenvalue weighted by molar-refractivity contribution is -0.136. The molecule has 3 aromatic heterocycles. The van der Waals surface area contributed by atoms with E-state index in [4.69, 9.17) is 0 Å². The fourth-order valence-corrected chi connectivity index (χ4v) is 6.30. The van der Waals surface area contributed by atoms with E-state index in [0.717, 1.165) is 41.4 Å². The predicted molar refractivity (Wildman–Crippen MR) is 139 cm³/mol. The van der Waals surface area contributed by atoms with Crippen LogP contribution in [0, 0.1) is 5.92 Å². The summed E-state index contributed by atoms with van der Waals surface area (Å²) in [6.45, 7) is 0.878. The van der Waals surface area contributed by atoms with Crippen LogP contribution in [0.1, 0.15) is 54.7 Å². The van der Waals surface area contributed by atoms with E-state index in [-0.39, 0.29) is 24.0 Å². The van der Waals surface area contributed by atoms with Gasteiger partial charge in [-0.05, 0) is 56.0 Å². The van der Waals surface area contributed by atoms with Crippen molar-refractivity contribution in [2.75, 3.05) is 13.1 Å². The molecule has 0 unspecified atom stereocenters. The van der Waals surface area contributed by atoms with Crippen molar-refractivity contribution < 1.29 is 22.0 Å². The molecule has 6 rings (SSSR count). The van der Waals surface area contributed by atoms with Gasteiger partial charge in [0.05, 0.1) is 11.0 Å². The Hall–Kier alpha value is -3.54. The lowest BCUT2D eigenvalue weighted by atomic mass is 9.63. The Morgan fingerprint density at radius 2 is 1.98 bits per heavy atom. The molecule has 0 spiro atoms. The van der Waals surface area contributed by atoms with Crippen molar-refractivity contribution in [2.24, 2.45) is 13.0 Å². The zero-order chi connectivity index (χ0) is 28.2. The normalized spacial score (nSPS) is 19.8. The molecule has 2 fully saturated rings. The van der Waals surface area contributed by atoms with Crippen molar-refractivity contribution in [3.63, 3.8) is 0 Å². The topological polar surface area (TPSA) is 71.7 Å². The smallest absolute Gasteiger partial charge is 0.353 e. The molecule has 1 N–H and O–H groups in total. The average molecular weight is 561 g/mol. The van der Waals surface area contributed by atoms with E-state index in [1.807, 2.05) is 17.7 Å². The first-order chi connectivity index (χ1) is 19.1. The van der Waals surface area contributed by atoms with Crippen molar-refractivity contribution in [1.29, 1.82) is 0 Å². The number of likely N-dealkylation sites (tertiary alicyclic amines) is 1. The second kappa shape index (κ2) is 9.83. The fraction of sp³-hybridized carbons (Fsp3) is 0.464. The Labute approximate surface area is 226 Å². The molecule has 12 heteroatoms. The van der Waals surface area contributed by atoms with E-state index < -0.39 is 35.1 Å². The van der Waals surface area contributed by atoms with Crippen LogP contribution in [0.2, 0.25) is 0 Å². The van der Waals surface area contributed by atoms with E-state index in [2.05, 4.69) is 15.2 Å². The van der Waals surface area contributed by atoms with Gasteiger partial charge in [-0.3, -0.25) is 14.3 Å². The molecule has 40 heavy (non-hydrogen) atoms. The number of halogens is 5. The Balaban J connectivity index is 1.41. The van der Waals surface area contributed by atoms with Crippen molar-refractivity contribution in [1.82, 2.24) is 29.2 Å². The molecule has 1 atom stereocenters. The molecule has 0 bridgehead atoms. The number of fused-ring (bicyclic) bond motifs is 1. The molecule has 1 aliphatic carbocycles. The number of hydrogen-bond donors (Lipinski definition) is 1. The molecule has 7 nitrogen and oxygen atoms in total. The van der Waals surface area contributed by atoms with Gasteiger partial charge in [0, 0.05) is 49.0 Å². The van der Waals surface area contributed by atoms with Crippen LogP contribution in [-0.4, -0.2) is 48.7 Å². The number of piperidine rings is 1. The maximum Gasteiger partial charge on any atom is 0.418 e. The molecular formula is C28H29F5N6O. The third kappa shape index (κ3) is 4.51. The van der Waals surface area contributed by atoms with Crippen molar-refractivity contribution in [3.8, 4) is 5.69 Å². The summed E-state index contributed by atoms with van der Waals surface area (Å²) in [6, 6.07) is 8.33. The van der Waals surface area contributed by atoms with Gasteiger partial charge in [-0.2, -0.15) is 13.2 Å². The summed E-state index contributed by atoms with van der Waals surface area (Å²) >= 11 is 0. The highest BCUT2D eigenvalue weighted by Gasteiger charge is 2.44. The number of nitrogens with zero attached hydrogens (tertiary/aromatic N) is 5. The summed E-state index contributed by atoms with van der Waals surface area (Å²) in [5.74, 6) is 0.00404. The second-order valence-corrected chi connectivity index (χ2v) is 11.0. The van der Waals surface area contributed by atoms with Gasteiger partial charge in [-0.15, -0.1) is 10.2 Å². The first-order valence-corrected chi connectivity index (χ1v) is 13.4. The van der Waals surface area contributed by atoms with Crippen LogP contribution in [0.5, 0.6) is 0 Å². The molecular weight excluding hydrogens is 531 g/mol. The molecule has 1 aromatic carbocycles. The SMILES string of the molecule is Cn1cnnc1C1(c2cccc(-n3cc(C(F)(F)F)c4cc(CN5CCC[C@H](C(F)F)C5)[nH]c4c3=O)c2)CCC1. The number of aromatic nitrogens is 5. The summed E-state index contributed by atoms with van der Waals surface area (Å²) in [4.78, 5) is 18.3. The highest BCUT2D eigenvalue weighted by Crippen LogP contribution is 2.48. The second-order valence-electron chi connectivity index (χ2n) is 11.0. The number of hydrogen-bond acceptors (Lipinski definition) is 4. The Morgan fingerprint density at radius 1 is 1.18 bits per heavy atom. The lowest BCUT2D eigenvalue weighted by Crippen LogP contribution is -2.38. The molecule has 4 heterocycles. The van der Waals surface area contributed by atoms with Gasteiger partial charge in [0.2, 0.25) is 6.43 Å². The molecule has 0 radical (unpaired) electrons. The van der Waals surface area contributed by atoms with Gasteiger partial charge in [-0.25, -0.2) is 8.78 Å². The molecule has 1 saturated carbocycles. The van der Waals surface area contributed by atoms with E-state index in [9.17, 15) is 26.7 Å². The van der Waals surface area contributed by atoms with Gasteiger partial charge in [0.1, 0.15) is 17.7 Å². The highest BCUT2D eigenvalue weighted by atomic mass is 19.4. The zero-order valence-electron chi connectivity index (χ0n) is 21.9. The molecule has 1 aliphatic heterocycles. The number of pyridine rings is 1. The molecule has 4 aromatic rings. The van der Waals surface area contributed by atoms with E-state index in [1.54, 1.807) is 29.4 Å². The summed E-state index contributed by atoms with van der Waals surface area (Å²) in [7, 11) is 1.85. The predicted octanol–water partition coefficient (Wildman–Crippen LogP) is 5.41. The van der Waals surface area contributed by atoms with E-state index in [1.165, 1.54) is 6.07 Å².